The van der Waals surface area contributed by atoms with E-state index in [4.69, 9.17) is 5.73 Å². The van der Waals surface area contributed by atoms with Gasteiger partial charge < -0.3 is 11.1 Å². The lowest BCUT2D eigenvalue weighted by atomic mass is 10.2. The van der Waals surface area contributed by atoms with Crippen molar-refractivity contribution in [3.63, 3.8) is 0 Å². The minimum absolute atomic E-state index is 0.156. The topological polar surface area (TPSA) is 61.6 Å². The highest BCUT2D eigenvalue weighted by Crippen LogP contribution is 2.01. The van der Waals surface area contributed by atoms with Gasteiger partial charge in [-0.05, 0) is 13.3 Å². The molecule has 5 heteroatoms. The van der Waals surface area contributed by atoms with E-state index in [2.05, 4.69) is 29.0 Å². The Morgan fingerprint density at radius 3 is 2.44 bits per heavy atom. The number of amides is 1. The third-order valence-corrected chi connectivity index (χ3v) is 3.41. The molecule has 1 unspecified atom stereocenters. The van der Waals surface area contributed by atoms with E-state index < -0.39 is 0 Å². The Labute approximate surface area is 111 Å². The summed E-state index contributed by atoms with van der Waals surface area (Å²) in [6.07, 6.45) is 2.16. The Kier molecular flexibility index (Phi) is 7.23. The third kappa shape index (κ3) is 5.80. The first-order chi connectivity index (χ1) is 8.65. The molecule has 0 saturated carbocycles. The van der Waals surface area contributed by atoms with Crippen molar-refractivity contribution >= 4 is 5.91 Å². The first kappa shape index (κ1) is 15.4. The normalized spacial score (nSPS) is 19.7. The van der Waals surface area contributed by atoms with Gasteiger partial charge in [0.25, 0.3) is 0 Å². The fourth-order valence-corrected chi connectivity index (χ4v) is 2.38. The largest absolute Gasteiger partial charge is 0.353 e. The Hall–Kier alpha value is -0.650. The van der Waals surface area contributed by atoms with Crippen LogP contribution in [0.2, 0.25) is 0 Å². The van der Waals surface area contributed by atoms with Gasteiger partial charge in [-0.3, -0.25) is 14.6 Å². The van der Waals surface area contributed by atoms with E-state index in [1.807, 2.05) is 0 Å². The molecule has 1 saturated heterocycles. The van der Waals surface area contributed by atoms with E-state index in [9.17, 15) is 4.79 Å². The van der Waals surface area contributed by atoms with Gasteiger partial charge in [0.05, 0.1) is 6.54 Å². The predicted molar refractivity (Wildman–Crippen MR) is 74.4 cm³/mol. The van der Waals surface area contributed by atoms with Gasteiger partial charge in [-0.25, -0.2) is 0 Å². The van der Waals surface area contributed by atoms with E-state index in [1.165, 1.54) is 0 Å². The predicted octanol–water partition coefficient (Wildman–Crippen LogP) is -0.132. The van der Waals surface area contributed by atoms with Crippen LogP contribution in [0.15, 0.2) is 0 Å². The summed E-state index contributed by atoms with van der Waals surface area (Å²) in [6, 6.07) is 0.293. The average molecular weight is 256 g/mol. The first-order valence-corrected chi connectivity index (χ1v) is 7.09. The molecule has 1 rings (SSSR count). The van der Waals surface area contributed by atoms with Crippen molar-refractivity contribution in [3.8, 4) is 0 Å². The molecule has 1 aliphatic heterocycles. The lowest BCUT2D eigenvalue weighted by Gasteiger charge is -2.34. The van der Waals surface area contributed by atoms with E-state index in [1.54, 1.807) is 0 Å². The molecule has 0 aromatic carbocycles. The zero-order valence-electron chi connectivity index (χ0n) is 11.8. The number of carbonyl (C=O) groups excluding carboxylic acids is 1. The van der Waals surface area contributed by atoms with Crippen LogP contribution in [0.25, 0.3) is 0 Å². The molecule has 0 spiro atoms. The summed E-state index contributed by atoms with van der Waals surface area (Å²) in [5.74, 6) is 0.156. The maximum Gasteiger partial charge on any atom is 0.234 e. The van der Waals surface area contributed by atoms with Gasteiger partial charge in [0.15, 0.2) is 0 Å². The highest BCUT2D eigenvalue weighted by atomic mass is 16.2. The van der Waals surface area contributed by atoms with E-state index in [-0.39, 0.29) is 5.91 Å². The van der Waals surface area contributed by atoms with Gasteiger partial charge >= 0.3 is 0 Å². The Morgan fingerprint density at radius 1 is 1.28 bits per heavy atom. The van der Waals surface area contributed by atoms with Crippen molar-refractivity contribution in [1.82, 2.24) is 15.1 Å². The smallest absolute Gasteiger partial charge is 0.234 e. The zero-order valence-corrected chi connectivity index (χ0v) is 11.8. The van der Waals surface area contributed by atoms with Crippen molar-refractivity contribution in [3.05, 3.63) is 0 Å². The van der Waals surface area contributed by atoms with Gasteiger partial charge in [-0.1, -0.05) is 13.3 Å². The minimum Gasteiger partial charge on any atom is -0.353 e. The summed E-state index contributed by atoms with van der Waals surface area (Å²) in [6.45, 7) is 10.4. The average Bonchev–Trinajstić information content (AvgIpc) is 2.32. The molecule has 106 valence electrons. The molecule has 1 aliphatic rings. The van der Waals surface area contributed by atoms with Crippen molar-refractivity contribution in [1.29, 1.82) is 0 Å². The summed E-state index contributed by atoms with van der Waals surface area (Å²) < 4.78 is 0. The van der Waals surface area contributed by atoms with Crippen LogP contribution in [0.5, 0.6) is 0 Å². The van der Waals surface area contributed by atoms with Crippen molar-refractivity contribution in [2.24, 2.45) is 5.73 Å². The van der Waals surface area contributed by atoms with Gasteiger partial charge in [-0.15, -0.1) is 0 Å². The number of hydrogen-bond acceptors (Lipinski definition) is 4. The molecule has 3 N–H and O–H groups in total. The molecule has 0 bridgehead atoms. The van der Waals surface area contributed by atoms with Crippen molar-refractivity contribution in [2.45, 2.75) is 32.7 Å². The maximum absolute atomic E-state index is 11.8. The summed E-state index contributed by atoms with van der Waals surface area (Å²) in [4.78, 5) is 16.4. The van der Waals surface area contributed by atoms with Crippen LogP contribution in [0.4, 0.5) is 0 Å². The molecule has 1 amide bonds. The Bertz CT molecular complexity index is 239. The van der Waals surface area contributed by atoms with Crippen LogP contribution in [-0.2, 0) is 4.79 Å². The molecule has 18 heavy (non-hydrogen) atoms. The van der Waals surface area contributed by atoms with Gasteiger partial charge in [0, 0.05) is 45.3 Å². The number of nitrogens with one attached hydrogen (secondary N) is 1. The molecule has 1 heterocycles. The second kappa shape index (κ2) is 8.45. The Balaban J connectivity index is 2.18. The minimum atomic E-state index is 0.156. The summed E-state index contributed by atoms with van der Waals surface area (Å²) in [7, 11) is 0. The van der Waals surface area contributed by atoms with Gasteiger partial charge in [-0.2, -0.15) is 0 Å². The van der Waals surface area contributed by atoms with Crippen molar-refractivity contribution < 1.29 is 4.79 Å². The highest BCUT2D eigenvalue weighted by molar-refractivity contribution is 5.78. The molecule has 0 aromatic heterocycles. The number of nitrogens with zero attached hydrogens (tertiary/aromatic N) is 2. The Morgan fingerprint density at radius 2 is 1.89 bits per heavy atom. The first-order valence-electron chi connectivity index (χ1n) is 7.09. The quantitative estimate of drug-likeness (QED) is 0.666. The number of carbonyl (C=O) groups is 1. The summed E-state index contributed by atoms with van der Waals surface area (Å²) in [5, 5.41) is 3.05. The van der Waals surface area contributed by atoms with Crippen molar-refractivity contribution in [2.75, 3.05) is 45.8 Å². The van der Waals surface area contributed by atoms with E-state index in [0.29, 0.717) is 12.6 Å². The highest BCUT2D eigenvalue weighted by Gasteiger charge is 2.18. The van der Waals surface area contributed by atoms with E-state index in [0.717, 1.165) is 52.1 Å². The van der Waals surface area contributed by atoms with Crippen LogP contribution in [0, 0.1) is 0 Å². The molecule has 0 aliphatic carbocycles. The number of nitrogens with two attached hydrogens (primary N) is 1. The van der Waals surface area contributed by atoms with Gasteiger partial charge in [0.1, 0.15) is 0 Å². The monoisotopic (exact) mass is 256 g/mol. The standard InChI is InChI=1S/C13H28N4O/c1-3-4-12(2)15-13(18)11-17-9-7-16(6-5-14)8-10-17/h12H,3-11,14H2,1-2H3,(H,15,18). The second-order valence-corrected chi connectivity index (χ2v) is 5.16. The van der Waals surface area contributed by atoms with E-state index >= 15 is 0 Å². The third-order valence-electron chi connectivity index (χ3n) is 3.41. The fraction of sp³-hybridized carbons (Fsp3) is 0.923. The molecule has 1 atom stereocenters. The van der Waals surface area contributed by atoms with Crippen LogP contribution in [-0.4, -0.2) is 67.6 Å². The molecule has 0 radical (unpaired) electrons. The molecule has 1 fully saturated rings. The number of rotatable bonds is 7. The second-order valence-electron chi connectivity index (χ2n) is 5.16. The number of hydrogen-bond donors (Lipinski definition) is 2. The van der Waals surface area contributed by atoms with Gasteiger partial charge in [0.2, 0.25) is 5.91 Å². The lowest BCUT2D eigenvalue weighted by molar-refractivity contribution is -0.123. The molecule has 5 nitrogen and oxygen atoms in total. The number of piperazine rings is 1. The molecular weight excluding hydrogens is 228 g/mol. The fourth-order valence-electron chi connectivity index (χ4n) is 2.38. The van der Waals surface area contributed by atoms with Crippen LogP contribution < -0.4 is 11.1 Å². The molecule has 0 aromatic rings. The van der Waals surface area contributed by atoms with Crippen LogP contribution in [0.1, 0.15) is 26.7 Å². The maximum atomic E-state index is 11.8. The van der Waals surface area contributed by atoms with Crippen LogP contribution in [0.3, 0.4) is 0 Å². The zero-order chi connectivity index (χ0) is 13.4. The summed E-state index contributed by atoms with van der Waals surface area (Å²) >= 11 is 0. The lowest BCUT2D eigenvalue weighted by Crippen LogP contribution is -2.51. The SMILES string of the molecule is CCCC(C)NC(=O)CN1CCN(CCN)CC1. The molecular formula is C13H28N4O. The summed E-state index contributed by atoms with van der Waals surface area (Å²) in [5.41, 5.74) is 5.54. The van der Waals surface area contributed by atoms with Crippen LogP contribution >= 0.6 is 0 Å².